The van der Waals surface area contributed by atoms with Crippen LogP contribution in [0.25, 0.3) is 0 Å². The highest BCUT2D eigenvalue weighted by atomic mass is 19.1. The Bertz CT molecular complexity index is 504. The van der Waals surface area contributed by atoms with Crippen molar-refractivity contribution in [3.8, 4) is 5.75 Å². The maximum Gasteiger partial charge on any atom is 0.310 e. The van der Waals surface area contributed by atoms with Crippen LogP contribution in [0.4, 0.5) is 4.39 Å². The third-order valence-corrected chi connectivity index (χ3v) is 2.95. The van der Waals surface area contributed by atoms with E-state index >= 15 is 0 Å². The van der Waals surface area contributed by atoms with E-state index in [0.717, 1.165) is 6.42 Å². The predicted octanol–water partition coefficient (Wildman–Crippen LogP) is 1.83. The maximum atomic E-state index is 13.5. The third kappa shape index (κ3) is 5.81. The molecule has 0 radical (unpaired) electrons. The van der Waals surface area contributed by atoms with Crippen LogP contribution < -0.4 is 10.1 Å². The summed E-state index contributed by atoms with van der Waals surface area (Å²) in [6.45, 7) is 3.47. The van der Waals surface area contributed by atoms with Crippen molar-refractivity contribution >= 4 is 11.9 Å². The number of nitrogens with one attached hydrogen (secondary N) is 1. The van der Waals surface area contributed by atoms with Crippen molar-refractivity contribution in [2.45, 2.75) is 32.7 Å². The quantitative estimate of drug-likeness (QED) is 0.780. The molecule has 1 N–H and O–H groups in total. The number of hydrogen-bond acceptors (Lipinski definition) is 4. The van der Waals surface area contributed by atoms with E-state index in [1.807, 2.05) is 13.8 Å². The average molecular weight is 297 g/mol. The first-order valence-electron chi connectivity index (χ1n) is 6.73. The van der Waals surface area contributed by atoms with Crippen molar-refractivity contribution in [2.75, 3.05) is 13.7 Å². The van der Waals surface area contributed by atoms with Gasteiger partial charge in [-0.15, -0.1) is 0 Å². The lowest BCUT2D eigenvalue weighted by molar-refractivity contribution is -0.148. The van der Waals surface area contributed by atoms with Gasteiger partial charge in [0, 0.05) is 6.04 Å². The van der Waals surface area contributed by atoms with Gasteiger partial charge in [-0.1, -0.05) is 13.0 Å². The number of carbonyl (C=O) groups excluding carboxylic acids is 2. The van der Waals surface area contributed by atoms with Gasteiger partial charge in [-0.3, -0.25) is 9.59 Å². The Morgan fingerprint density at radius 2 is 2.10 bits per heavy atom. The Balaban J connectivity index is 2.43. The molecule has 0 spiro atoms. The molecule has 1 amide bonds. The Morgan fingerprint density at radius 1 is 1.38 bits per heavy atom. The standard InChI is InChI=1S/C15H20FNO4/c1-4-10(2)17-14(18)9-21-15(19)8-11-5-6-13(20-3)12(16)7-11/h5-7,10H,4,8-9H2,1-3H3,(H,17,18)/t10-/m1/s1. The van der Waals surface area contributed by atoms with Gasteiger partial charge in [0.05, 0.1) is 13.5 Å². The van der Waals surface area contributed by atoms with E-state index in [4.69, 9.17) is 9.47 Å². The van der Waals surface area contributed by atoms with Gasteiger partial charge in [0.2, 0.25) is 0 Å². The van der Waals surface area contributed by atoms with Crippen LogP contribution in [-0.2, 0) is 20.7 Å². The van der Waals surface area contributed by atoms with Crippen LogP contribution in [0.3, 0.4) is 0 Å². The van der Waals surface area contributed by atoms with Gasteiger partial charge in [0.15, 0.2) is 18.2 Å². The molecule has 0 unspecified atom stereocenters. The number of carbonyl (C=O) groups is 2. The summed E-state index contributed by atoms with van der Waals surface area (Å²) < 4.78 is 23.1. The topological polar surface area (TPSA) is 64.6 Å². The monoisotopic (exact) mass is 297 g/mol. The van der Waals surface area contributed by atoms with E-state index in [2.05, 4.69) is 5.32 Å². The van der Waals surface area contributed by atoms with Crippen molar-refractivity contribution in [1.82, 2.24) is 5.32 Å². The zero-order valence-electron chi connectivity index (χ0n) is 12.4. The number of methoxy groups -OCH3 is 1. The molecular weight excluding hydrogens is 277 g/mol. The summed E-state index contributed by atoms with van der Waals surface area (Å²) in [5, 5.41) is 2.68. The van der Waals surface area contributed by atoms with E-state index in [-0.39, 0.29) is 30.7 Å². The van der Waals surface area contributed by atoms with Crippen LogP contribution in [0.1, 0.15) is 25.8 Å². The Labute approximate surface area is 123 Å². The van der Waals surface area contributed by atoms with E-state index in [1.165, 1.54) is 19.2 Å². The molecule has 5 nitrogen and oxygen atoms in total. The third-order valence-electron chi connectivity index (χ3n) is 2.95. The Kier molecular flexibility index (Phi) is 6.65. The van der Waals surface area contributed by atoms with Crippen molar-refractivity contribution in [3.63, 3.8) is 0 Å². The number of rotatable bonds is 7. The van der Waals surface area contributed by atoms with Crippen LogP contribution in [0.5, 0.6) is 5.75 Å². The first-order valence-corrected chi connectivity index (χ1v) is 6.73. The van der Waals surface area contributed by atoms with Crippen molar-refractivity contribution in [1.29, 1.82) is 0 Å². The molecular formula is C15H20FNO4. The molecule has 0 fully saturated rings. The molecule has 0 aromatic heterocycles. The van der Waals surface area contributed by atoms with Gasteiger partial charge in [-0.2, -0.15) is 0 Å². The number of hydrogen-bond donors (Lipinski definition) is 1. The number of ether oxygens (including phenoxy) is 2. The molecule has 21 heavy (non-hydrogen) atoms. The summed E-state index contributed by atoms with van der Waals surface area (Å²) in [7, 11) is 1.36. The molecule has 0 bridgehead atoms. The summed E-state index contributed by atoms with van der Waals surface area (Å²) in [4.78, 5) is 23.0. The first kappa shape index (κ1) is 16.9. The highest BCUT2D eigenvalue weighted by molar-refractivity contribution is 5.81. The van der Waals surface area contributed by atoms with Crippen LogP contribution in [0, 0.1) is 5.82 Å². The average Bonchev–Trinajstić information content (AvgIpc) is 2.45. The molecule has 116 valence electrons. The highest BCUT2D eigenvalue weighted by Gasteiger charge is 2.11. The molecule has 1 aromatic rings. The zero-order valence-corrected chi connectivity index (χ0v) is 12.4. The molecule has 0 saturated carbocycles. The second-order valence-electron chi connectivity index (χ2n) is 4.68. The molecule has 0 saturated heterocycles. The Hall–Kier alpha value is -2.11. The number of esters is 1. The van der Waals surface area contributed by atoms with E-state index in [9.17, 15) is 14.0 Å². The van der Waals surface area contributed by atoms with Crippen LogP contribution >= 0.6 is 0 Å². The minimum atomic E-state index is -0.584. The van der Waals surface area contributed by atoms with Crippen molar-refractivity contribution < 1.29 is 23.5 Å². The van der Waals surface area contributed by atoms with Crippen LogP contribution in [-0.4, -0.2) is 31.6 Å². The molecule has 0 heterocycles. The summed E-state index contributed by atoms with van der Waals surface area (Å²) in [6.07, 6.45) is 0.697. The van der Waals surface area contributed by atoms with E-state index in [0.29, 0.717) is 5.56 Å². The molecule has 1 rings (SSSR count). The Morgan fingerprint density at radius 3 is 2.67 bits per heavy atom. The summed E-state index contributed by atoms with van der Waals surface area (Å²) in [5.74, 6) is -1.37. The summed E-state index contributed by atoms with van der Waals surface area (Å²) in [6, 6.07) is 4.25. The minimum Gasteiger partial charge on any atom is -0.494 e. The van der Waals surface area contributed by atoms with Crippen molar-refractivity contribution in [3.05, 3.63) is 29.6 Å². The fourth-order valence-electron chi connectivity index (χ4n) is 1.60. The minimum absolute atomic E-state index is 0.0342. The van der Waals surface area contributed by atoms with Gasteiger partial charge >= 0.3 is 5.97 Å². The van der Waals surface area contributed by atoms with Crippen LogP contribution in [0.15, 0.2) is 18.2 Å². The van der Waals surface area contributed by atoms with Gasteiger partial charge in [-0.05, 0) is 31.0 Å². The lowest BCUT2D eigenvalue weighted by atomic mass is 10.1. The van der Waals surface area contributed by atoms with E-state index in [1.54, 1.807) is 6.07 Å². The molecule has 0 aliphatic heterocycles. The lowest BCUT2D eigenvalue weighted by Gasteiger charge is -2.11. The molecule has 1 aromatic carbocycles. The number of amides is 1. The molecule has 0 aliphatic carbocycles. The van der Waals surface area contributed by atoms with Gasteiger partial charge < -0.3 is 14.8 Å². The molecule has 6 heteroatoms. The highest BCUT2D eigenvalue weighted by Crippen LogP contribution is 2.18. The summed E-state index contributed by atoms with van der Waals surface area (Å²) >= 11 is 0. The maximum absolute atomic E-state index is 13.5. The molecule has 0 aliphatic rings. The normalized spacial score (nSPS) is 11.6. The number of halogens is 1. The van der Waals surface area contributed by atoms with Crippen LogP contribution in [0.2, 0.25) is 0 Å². The van der Waals surface area contributed by atoms with Crippen molar-refractivity contribution in [2.24, 2.45) is 0 Å². The van der Waals surface area contributed by atoms with Gasteiger partial charge in [-0.25, -0.2) is 4.39 Å². The first-order chi connectivity index (χ1) is 9.96. The largest absolute Gasteiger partial charge is 0.494 e. The van der Waals surface area contributed by atoms with Gasteiger partial charge in [0.25, 0.3) is 5.91 Å². The molecule has 1 atom stereocenters. The number of benzene rings is 1. The van der Waals surface area contributed by atoms with E-state index < -0.39 is 11.8 Å². The second kappa shape index (κ2) is 8.24. The zero-order chi connectivity index (χ0) is 15.8. The smallest absolute Gasteiger partial charge is 0.310 e. The SMILES string of the molecule is CC[C@@H](C)NC(=O)COC(=O)Cc1ccc(OC)c(F)c1. The summed E-state index contributed by atoms with van der Waals surface area (Å²) in [5.41, 5.74) is 0.459. The van der Waals surface area contributed by atoms with Gasteiger partial charge in [0.1, 0.15) is 0 Å². The fraction of sp³-hybridized carbons (Fsp3) is 0.467. The predicted molar refractivity (Wildman–Crippen MR) is 75.5 cm³/mol. The second-order valence-corrected chi connectivity index (χ2v) is 4.68. The lowest BCUT2D eigenvalue weighted by Crippen LogP contribution is -2.35. The fourth-order valence-corrected chi connectivity index (χ4v) is 1.60.